The van der Waals surface area contributed by atoms with Crippen molar-refractivity contribution in [2.45, 2.75) is 44.8 Å². The number of piperazine rings is 1. The van der Waals surface area contributed by atoms with Crippen LogP contribution >= 0.6 is 0 Å². The minimum atomic E-state index is -0.0503. The molecule has 5 heteroatoms. The number of pyridine rings is 1. The topological polar surface area (TPSA) is 48.5 Å². The molecule has 4 aromatic rings. The van der Waals surface area contributed by atoms with Gasteiger partial charge in [0.1, 0.15) is 0 Å². The Morgan fingerprint density at radius 1 is 0.947 bits per heavy atom. The largest absolute Gasteiger partial charge is 0.345 e. The highest BCUT2D eigenvalue weighted by atomic mass is 16.1. The lowest BCUT2D eigenvalue weighted by Crippen LogP contribution is -2.49. The van der Waals surface area contributed by atoms with Crippen molar-refractivity contribution < 1.29 is 4.79 Å². The van der Waals surface area contributed by atoms with Crippen LogP contribution in [-0.4, -0.2) is 52.9 Å². The van der Waals surface area contributed by atoms with Gasteiger partial charge in [-0.1, -0.05) is 85.8 Å². The second-order valence-electron chi connectivity index (χ2n) is 10.6. The zero-order chi connectivity index (χ0) is 25.9. The van der Waals surface area contributed by atoms with Crippen LogP contribution in [0, 0.1) is 0 Å². The van der Waals surface area contributed by atoms with E-state index in [4.69, 9.17) is 4.98 Å². The predicted molar refractivity (Wildman–Crippen MR) is 154 cm³/mol. The molecule has 3 heterocycles. The Balaban J connectivity index is 1.45. The Bertz CT molecular complexity index is 1400. The van der Waals surface area contributed by atoms with Crippen LogP contribution in [0.25, 0.3) is 22.2 Å². The van der Waals surface area contributed by atoms with Crippen LogP contribution in [0.1, 0.15) is 53.7 Å². The smallest absolute Gasteiger partial charge is 0.252 e. The van der Waals surface area contributed by atoms with Gasteiger partial charge in [-0.2, -0.15) is 0 Å². The van der Waals surface area contributed by atoms with Gasteiger partial charge in [-0.3, -0.25) is 14.6 Å². The summed E-state index contributed by atoms with van der Waals surface area (Å²) in [4.78, 5) is 24.6. The first-order chi connectivity index (χ1) is 18.7. The van der Waals surface area contributed by atoms with Gasteiger partial charge in [0.2, 0.25) is 0 Å². The summed E-state index contributed by atoms with van der Waals surface area (Å²) in [7, 11) is 0. The summed E-state index contributed by atoms with van der Waals surface area (Å²) in [6.07, 6.45) is 3.38. The van der Waals surface area contributed by atoms with Crippen LogP contribution in [0.3, 0.4) is 0 Å². The molecular weight excluding hydrogens is 468 g/mol. The number of hydrogen-bond acceptors (Lipinski definition) is 4. The SMILES string of the molecule is CC[C@H](NC(=O)c1c(CN2CCN3CCCC3C2)c(-c2ccccc2)nc2ccccc12)c1ccccc1. The van der Waals surface area contributed by atoms with Gasteiger partial charge in [-0.05, 0) is 37.4 Å². The number of nitrogens with one attached hydrogen (secondary N) is 1. The number of carbonyl (C=O) groups is 1. The third kappa shape index (κ3) is 4.96. The number of amides is 1. The summed E-state index contributed by atoms with van der Waals surface area (Å²) in [5.41, 5.74) is 5.74. The molecule has 3 aromatic carbocycles. The first-order valence-electron chi connectivity index (χ1n) is 14.0. The Labute approximate surface area is 225 Å². The molecule has 2 fully saturated rings. The maximum Gasteiger partial charge on any atom is 0.252 e. The van der Waals surface area contributed by atoms with E-state index in [0.717, 1.165) is 71.5 Å². The van der Waals surface area contributed by atoms with E-state index in [0.29, 0.717) is 6.04 Å². The highest BCUT2D eigenvalue weighted by molar-refractivity contribution is 6.09. The van der Waals surface area contributed by atoms with Gasteiger partial charge in [-0.25, -0.2) is 4.98 Å². The number of rotatable bonds is 7. The number of carbonyl (C=O) groups excluding carboxylic acids is 1. The summed E-state index contributed by atoms with van der Waals surface area (Å²) in [6, 6.07) is 29.3. The quantitative estimate of drug-likeness (QED) is 0.332. The molecule has 1 aromatic heterocycles. The van der Waals surface area contributed by atoms with E-state index < -0.39 is 0 Å². The zero-order valence-corrected chi connectivity index (χ0v) is 22.1. The predicted octanol–water partition coefficient (Wildman–Crippen LogP) is 6.06. The number of nitrogens with zero attached hydrogens (tertiary/aromatic N) is 3. The zero-order valence-electron chi connectivity index (χ0n) is 22.1. The van der Waals surface area contributed by atoms with Crippen molar-refractivity contribution in [3.05, 3.63) is 102 Å². The second-order valence-corrected chi connectivity index (χ2v) is 10.6. The van der Waals surface area contributed by atoms with Crippen molar-refractivity contribution >= 4 is 16.8 Å². The summed E-state index contributed by atoms with van der Waals surface area (Å²) in [5.74, 6) is -0.0222. The number of aromatic nitrogens is 1. The average molecular weight is 505 g/mol. The van der Waals surface area contributed by atoms with E-state index in [1.807, 2.05) is 48.5 Å². The molecule has 1 N–H and O–H groups in total. The maximum absolute atomic E-state index is 14.3. The van der Waals surface area contributed by atoms with Gasteiger partial charge in [0.15, 0.2) is 0 Å². The summed E-state index contributed by atoms with van der Waals surface area (Å²) in [6.45, 7) is 7.22. The molecule has 0 saturated carbocycles. The normalized spacial score (nSPS) is 18.8. The fourth-order valence-electron chi connectivity index (χ4n) is 6.26. The fourth-order valence-corrected chi connectivity index (χ4v) is 6.26. The van der Waals surface area contributed by atoms with Crippen LogP contribution in [0.2, 0.25) is 0 Å². The van der Waals surface area contributed by atoms with Crippen LogP contribution in [-0.2, 0) is 6.54 Å². The molecule has 2 atom stereocenters. The van der Waals surface area contributed by atoms with Crippen molar-refractivity contribution in [1.82, 2.24) is 20.1 Å². The lowest BCUT2D eigenvalue weighted by molar-refractivity contribution is 0.0920. The molecule has 1 unspecified atom stereocenters. The van der Waals surface area contributed by atoms with E-state index in [1.54, 1.807) is 0 Å². The molecule has 0 spiro atoms. The molecule has 2 saturated heterocycles. The minimum Gasteiger partial charge on any atom is -0.345 e. The number of hydrogen-bond donors (Lipinski definition) is 1. The minimum absolute atomic E-state index is 0.0222. The molecule has 2 aliphatic rings. The van der Waals surface area contributed by atoms with Gasteiger partial charge >= 0.3 is 0 Å². The van der Waals surface area contributed by atoms with Crippen molar-refractivity contribution in [3.8, 4) is 11.3 Å². The van der Waals surface area contributed by atoms with E-state index >= 15 is 0 Å². The van der Waals surface area contributed by atoms with Gasteiger partial charge < -0.3 is 5.32 Å². The Kier molecular flexibility index (Phi) is 7.21. The lowest BCUT2D eigenvalue weighted by atomic mass is 9.94. The fraction of sp³-hybridized carbons (Fsp3) is 0.333. The molecule has 194 valence electrons. The number of benzene rings is 3. The highest BCUT2D eigenvalue weighted by Crippen LogP contribution is 2.33. The van der Waals surface area contributed by atoms with Gasteiger partial charge in [0.05, 0.1) is 22.8 Å². The molecule has 38 heavy (non-hydrogen) atoms. The maximum atomic E-state index is 14.3. The highest BCUT2D eigenvalue weighted by Gasteiger charge is 2.32. The van der Waals surface area contributed by atoms with Gasteiger partial charge in [0, 0.05) is 48.7 Å². The summed E-state index contributed by atoms with van der Waals surface area (Å²) < 4.78 is 0. The van der Waals surface area contributed by atoms with E-state index in [1.165, 1.54) is 19.4 Å². The third-order valence-corrected chi connectivity index (χ3v) is 8.24. The van der Waals surface area contributed by atoms with Crippen LogP contribution in [0.5, 0.6) is 0 Å². The van der Waals surface area contributed by atoms with Crippen molar-refractivity contribution in [2.75, 3.05) is 26.2 Å². The average Bonchev–Trinajstić information content (AvgIpc) is 3.44. The van der Waals surface area contributed by atoms with Crippen molar-refractivity contribution in [2.24, 2.45) is 0 Å². The molecule has 6 rings (SSSR count). The Morgan fingerprint density at radius 3 is 2.47 bits per heavy atom. The van der Waals surface area contributed by atoms with E-state index in [9.17, 15) is 4.79 Å². The summed E-state index contributed by atoms with van der Waals surface area (Å²) >= 11 is 0. The van der Waals surface area contributed by atoms with Crippen LogP contribution in [0.15, 0.2) is 84.9 Å². The Morgan fingerprint density at radius 2 is 1.68 bits per heavy atom. The molecule has 5 nitrogen and oxygen atoms in total. The molecular formula is C33H36N4O. The molecule has 0 bridgehead atoms. The van der Waals surface area contributed by atoms with Gasteiger partial charge in [-0.15, -0.1) is 0 Å². The number of fused-ring (bicyclic) bond motifs is 2. The summed E-state index contributed by atoms with van der Waals surface area (Å²) in [5, 5.41) is 4.31. The first-order valence-corrected chi connectivity index (χ1v) is 14.0. The second kappa shape index (κ2) is 11.1. The monoisotopic (exact) mass is 504 g/mol. The van der Waals surface area contributed by atoms with Crippen molar-refractivity contribution in [3.63, 3.8) is 0 Å². The first kappa shape index (κ1) is 24.8. The lowest BCUT2D eigenvalue weighted by Gasteiger charge is -2.38. The standard InChI is InChI=1S/C33H36N4O/c1-2-29(24-12-5-3-6-13-24)35-33(38)31-27-17-9-10-18-30(27)34-32(25-14-7-4-8-15-25)28(31)23-36-20-21-37-19-11-16-26(37)22-36/h3-10,12-15,17-18,26,29H,2,11,16,19-23H2,1H3,(H,35,38)/t26?,29-/m0/s1. The van der Waals surface area contributed by atoms with Crippen LogP contribution < -0.4 is 5.32 Å². The van der Waals surface area contributed by atoms with E-state index in [-0.39, 0.29) is 11.9 Å². The Hall–Kier alpha value is -3.54. The third-order valence-electron chi connectivity index (χ3n) is 8.24. The van der Waals surface area contributed by atoms with Gasteiger partial charge in [0.25, 0.3) is 5.91 Å². The van der Waals surface area contributed by atoms with Crippen molar-refractivity contribution in [1.29, 1.82) is 0 Å². The molecule has 2 aliphatic heterocycles. The molecule has 0 aliphatic carbocycles. The van der Waals surface area contributed by atoms with E-state index in [2.05, 4.69) is 58.4 Å². The molecule has 0 radical (unpaired) electrons. The van der Waals surface area contributed by atoms with Crippen LogP contribution in [0.4, 0.5) is 0 Å². The number of para-hydroxylation sites is 1. The molecule has 1 amide bonds.